The highest BCUT2D eigenvalue weighted by molar-refractivity contribution is 7.09. The number of carbonyl (C=O) groups is 3. The number of rotatable bonds is 8. The van der Waals surface area contributed by atoms with Gasteiger partial charge < -0.3 is 21.1 Å². The molecule has 0 spiro atoms. The van der Waals surface area contributed by atoms with Crippen molar-refractivity contribution in [3.05, 3.63) is 22.1 Å². The molecular weight excluding hydrogens is 300 g/mol. The Morgan fingerprint density at radius 1 is 1.52 bits per heavy atom. The van der Waals surface area contributed by atoms with Crippen LogP contribution in [0.2, 0.25) is 0 Å². The van der Waals surface area contributed by atoms with Crippen molar-refractivity contribution in [1.82, 2.24) is 10.3 Å². The first-order chi connectivity index (χ1) is 9.95. The first-order valence-electron chi connectivity index (χ1n) is 5.76. The van der Waals surface area contributed by atoms with E-state index in [1.807, 2.05) is 0 Å². The van der Waals surface area contributed by atoms with Crippen molar-refractivity contribution in [2.24, 2.45) is 0 Å². The van der Waals surface area contributed by atoms with Gasteiger partial charge in [0, 0.05) is 18.0 Å². The van der Waals surface area contributed by atoms with E-state index >= 15 is 0 Å². The van der Waals surface area contributed by atoms with Crippen LogP contribution >= 0.6 is 11.3 Å². The molecule has 2 atom stereocenters. The molecule has 0 aromatic carbocycles. The van der Waals surface area contributed by atoms with E-state index < -0.39 is 29.8 Å². The quantitative estimate of drug-likeness (QED) is 0.331. The third kappa shape index (κ3) is 5.22. The van der Waals surface area contributed by atoms with E-state index in [0.29, 0.717) is 6.21 Å². The molecular formula is C11H12N4O5S. The predicted octanol–water partition coefficient (Wildman–Crippen LogP) is -0.604. The molecule has 1 heterocycles. The van der Waals surface area contributed by atoms with Crippen LogP contribution in [-0.4, -0.2) is 49.9 Å². The largest absolute Gasteiger partial charge is 0.480 e. The van der Waals surface area contributed by atoms with E-state index in [-0.39, 0.29) is 17.8 Å². The van der Waals surface area contributed by atoms with Crippen LogP contribution in [0.4, 0.5) is 0 Å². The maximum Gasteiger partial charge on any atom is 0.326 e. The van der Waals surface area contributed by atoms with Gasteiger partial charge in [0.1, 0.15) is 11.0 Å². The normalized spacial score (nSPS) is 12.8. The first kappa shape index (κ1) is 16.6. The lowest BCUT2D eigenvalue weighted by molar-refractivity contribution is -0.143. The lowest BCUT2D eigenvalue weighted by Gasteiger charge is -2.15. The smallest absolute Gasteiger partial charge is 0.326 e. The predicted molar refractivity (Wildman–Crippen MR) is 70.6 cm³/mol. The number of nitrogens with zero attached hydrogens (tertiary/aromatic N) is 3. The number of amides is 1. The van der Waals surface area contributed by atoms with Crippen LogP contribution in [0.1, 0.15) is 24.0 Å². The molecule has 0 saturated heterocycles. The summed E-state index contributed by atoms with van der Waals surface area (Å²) in [5.41, 5.74) is 8.16. The summed E-state index contributed by atoms with van der Waals surface area (Å²) in [7, 11) is 0. The third-order valence-corrected chi connectivity index (χ3v) is 3.26. The highest BCUT2D eigenvalue weighted by Crippen LogP contribution is 2.15. The molecule has 0 unspecified atom stereocenters. The van der Waals surface area contributed by atoms with Crippen molar-refractivity contribution in [2.45, 2.75) is 25.0 Å². The van der Waals surface area contributed by atoms with Gasteiger partial charge in [0.2, 0.25) is 5.78 Å². The zero-order chi connectivity index (χ0) is 15.8. The minimum atomic E-state index is -1.57. The van der Waals surface area contributed by atoms with Crippen LogP contribution in [0.25, 0.3) is 5.53 Å². The van der Waals surface area contributed by atoms with Gasteiger partial charge in [-0.1, -0.05) is 0 Å². The van der Waals surface area contributed by atoms with E-state index in [9.17, 15) is 19.5 Å². The highest BCUT2D eigenvalue weighted by Gasteiger charge is 2.26. The summed E-state index contributed by atoms with van der Waals surface area (Å²) in [6, 6.07) is -1.34. The Hall–Kier alpha value is -2.42. The monoisotopic (exact) mass is 312 g/mol. The van der Waals surface area contributed by atoms with E-state index in [4.69, 9.17) is 10.6 Å². The average molecular weight is 312 g/mol. The second kappa shape index (κ2) is 8.00. The number of aliphatic carboxylic acids is 1. The standard InChI is InChI=1S/C11H12N4O5S/c12-14-5-6(16)1-2-7(11(19)20)15-9(18)8(17)10-13-3-4-21-10/h3-5,7-8,17H,1-2H2,(H,15,18)(H,19,20)/t7-,8+/m0/s1. The fourth-order valence-corrected chi connectivity index (χ4v) is 2.02. The third-order valence-electron chi connectivity index (χ3n) is 2.43. The minimum absolute atomic E-state index is 0.139. The molecule has 10 heteroatoms. The second-order valence-electron chi connectivity index (χ2n) is 3.92. The van der Waals surface area contributed by atoms with Crippen molar-refractivity contribution in [3.63, 3.8) is 0 Å². The molecule has 1 amide bonds. The van der Waals surface area contributed by atoms with Gasteiger partial charge >= 0.3 is 12.2 Å². The highest BCUT2D eigenvalue weighted by atomic mass is 32.1. The number of aliphatic hydroxyl groups excluding tert-OH is 1. The maximum atomic E-state index is 11.7. The molecule has 0 aliphatic rings. The number of aliphatic hydroxyl groups is 1. The van der Waals surface area contributed by atoms with Crippen molar-refractivity contribution in [2.75, 3.05) is 0 Å². The summed E-state index contributed by atoms with van der Waals surface area (Å²) in [6.45, 7) is 0. The fraction of sp³-hybridized carbons (Fsp3) is 0.364. The number of carbonyl (C=O) groups excluding carboxylic acids is 2. The topological polar surface area (TPSA) is 153 Å². The molecule has 0 aliphatic heterocycles. The van der Waals surface area contributed by atoms with Crippen LogP contribution in [0, 0.1) is 0 Å². The number of carboxylic acids is 1. The van der Waals surface area contributed by atoms with Crippen LogP contribution < -0.4 is 5.32 Å². The van der Waals surface area contributed by atoms with Crippen LogP contribution in [0.3, 0.4) is 0 Å². The maximum absolute atomic E-state index is 11.7. The molecule has 9 nitrogen and oxygen atoms in total. The average Bonchev–Trinajstić information content (AvgIpc) is 2.96. The number of hydrogen-bond acceptors (Lipinski definition) is 6. The molecule has 0 radical (unpaired) electrons. The Labute approximate surface area is 122 Å². The van der Waals surface area contributed by atoms with Gasteiger partial charge in [0.05, 0.1) is 0 Å². The molecule has 1 aromatic rings. The minimum Gasteiger partial charge on any atom is -0.480 e. The SMILES string of the molecule is [N-]=[N+]=CC(=O)CC[C@H](NC(=O)[C@@H](O)c1nccs1)C(=O)O. The van der Waals surface area contributed by atoms with Crippen molar-refractivity contribution in [3.8, 4) is 0 Å². The van der Waals surface area contributed by atoms with Gasteiger partial charge in [-0.15, -0.1) is 11.3 Å². The summed E-state index contributed by atoms with van der Waals surface area (Å²) in [5.74, 6) is -2.84. The molecule has 0 bridgehead atoms. The van der Waals surface area contributed by atoms with E-state index in [1.165, 1.54) is 6.20 Å². The molecule has 21 heavy (non-hydrogen) atoms. The summed E-state index contributed by atoms with van der Waals surface area (Å²) < 4.78 is 0. The Bertz CT molecular complexity index is 567. The molecule has 0 aliphatic carbocycles. The fourth-order valence-electron chi connectivity index (χ4n) is 1.41. The number of nitrogens with one attached hydrogen (secondary N) is 1. The van der Waals surface area contributed by atoms with E-state index in [0.717, 1.165) is 11.3 Å². The molecule has 0 fully saturated rings. The van der Waals surface area contributed by atoms with Gasteiger partial charge in [0.25, 0.3) is 5.91 Å². The van der Waals surface area contributed by atoms with Crippen molar-refractivity contribution < 1.29 is 29.4 Å². The lowest BCUT2D eigenvalue weighted by Crippen LogP contribution is -2.43. The van der Waals surface area contributed by atoms with Gasteiger partial charge in [-0.25, -0.2) is 9.78 Å². The second-order valence-corrected chi connectivity index (χ2v) is 4.85. The molecule has 1 rings (SSSR count). The Kier molecular flexibility index (Phi) is 6.34. The van der Waals surface area contributed by atoms with Crippen molar-refractivity contribution in [1.29, 1.82) is 0 Å². The number of aromatic nitrogens is 1. The van der Waals surface area contributed by atoms with E-state index in [2.05, 4.69) is 15.1 Å². The number of thiazole rings is 1. The molecule has 1 aromatic heterocycles. The first-order valence-corrected chi connectivity index (χ1v) is 6.64. The van der Waals surface area contributed by atoms with Gasteiger partial charge in [-0.05, 0) is 6.42 Å². The lowest BCUT2D eigenvalue weighted by atomic mass is 10.1. The van der Waals surface area contributed by atoms with Crippen LogP contribution in [0.5, 0.6) is 0 Å². The number of carboxylic acid groups (broad SMARTS) is 1. The van der Waals surface area contributed by atoms with E-state index in [1.54, 1.807) is 5.38 Å². The number of Topliss-reactive ketones (excluding diaryl/α,β-unsaturated/α-hetero) is 1. The summed E-state index contributed by atoms with van der Waals surface area (Å²) in [4.78, 5) is 40.1. The summed E-state index contributed by atoms with van der Waals surface area (Å²) in [5, 5.41) is 22.5. The zero-order valence-electron chi connectivity index (χ0n) is 10.7. The van der Waals surface area contributed by atoms with Crippen LogP contribution in [0.15, 0.2) is 11.6 Å². The Morgan fingerprint density at radius 3 is 2.76 bits per heavy atom. The van der Waals surface area contributed by atoms with Crippen molar-refractivity contribution >= 4 is 35.2 Å². The Morgan fingerprint density at radius 2 is 2.24 bits per heavy atom. The molecule has 3 N–H and O–H groups in total. The number of ketones is 1. The molecule has 0 saturated carbocycles. The van der Waals surface area contributed by atoms with Gasteiger partial charge in [-0.2, -0.15) is 4.79 Å². The van der Waals surface area contributed by atoms with Gasteiger partial charge in [-0.3, -0.25) is 9.59 Å². The van der Waals surface area contributed by atoms with Crippen LogP contribution in [-0.2, 0) is 14.4 Å². The Balaban J connectivity index is 2.61. The summed E-state index contributed by atoms with van der Waals surface area (Å²) in [6.07, 6.45) is 0.0514. The molecule has 112 valence electrons. The number of hydrogen-bond donors (Lipinski definition) is 3. The summed E-state index contributed by atoms with van der Waals surface area (Å²) >= 11 is 1.05. The zero-order valence-corrected chi connectivity index (χ0v) is 11.5. The van der Waals surface area contributed by atoms with Gasteiger partial charge in [0.15, 0.2) is 6.10 Å².